The maximum atomic E-state index is 11.8. The van der Waals surface area contributed by atoms with E-state index < -0.39 is 10.0 Å². The maximum absolute atomic E-state index is 11.8. The lowest BCUT2D eigenvalue weighted by Crippen LogP contribution is -2.13. The van der Waals surface area contributed by atoms with E-state index in [0.29, 0.717) is 5.39 Å². The van der Waals surface area contributed by atoms with Gasteiger partial charge in [-0.3, -0.25) is 0 Å². The van der Waals surface area contributed by atoms with E-state index in [1.165, 1.54) is 6.07 Å². The van der Waals surface area contributed by atoms with E-state index in [4.69, 9.17) is 5.14 Å². The van der Waals surface area contributed by atoms with Crippen molar-refractivity contribution in [2.45, 2.75) is 4.90 Å². The van der Waals surface area contributed by atoms with Crippen LogP contribution in [-0.4, -0.2) is 13.5 Å². The fourth-order valence-electron chi connectivity index (χ4n) is 3.07. The van der Waals surface area contributed by atoms with Crippen molar-refractivity contribution in [1.82, 2.24) is 0 Å². The summed E-state index contributed by atoms with van der Waals surface area (Å²) in [6.45, 7) is 0. The minimum Gasteiger partial charge on any atom is -0.506 e. The molecule has 0 radical (unpaired) electrons. The zero-order valence-corrected chi connectivity index (χ0v) is 11.7. The second-order valence-corrected chi connectivity index (χ2v) is 6.62. The van der Waals surface area contributed by atoms with Gasteiger partial charge in [0, 0.05) is 5.39 Å². The number of aromatic hydroxyl groups is 1. The summed E-state index contributed by atoms with van der Waals surface area (Å²) in [5.41, 5.74) is 0. The number of hydrogen-bond acceptors (Lipinski definition) is 3. The Labute approximate surface area is 120 Å². The molecule has 4 rings (SSSR count). The van der Waals surface area contributed by atoms with Crippen LogP contribution in [0.4, 0.5) is 0 Å². The van der Waals surface area contributed by atoms with Gasteiger partial charge in [-0.2, -0.15) is 0 Å². The Morgan fingerprint density at radius 1 is 0.857 bits per heavy atom. The number of hydrogen-bond donors (Lipinski definition) is 2. The molecule has 0 saturated carbocycles. The Morgan fingerprint density at radius 2 is 1.48 bits per heavy atom. The molecule has 0 amide bonds. The molecule has 0 spiro atoms. The topological polar surface area (TPSA) is 80.4 Å². The van der Waals surface area contributed by atoms with Crippen LogP contribution in [0.1, 0.15) is 0 Å². The van der Waals surface area contributed by atoms with E-state index in [9.17, 15) is 13.5 Å². The Kier molecular flexibility index (Phi) is 2.26. The van der Waals surface area contributed by atoms with E-state index in [2.05, 4.69) is 0 Å². The first-order valence-corrected chi connectivity index (χ1v) is 7.94. The summed E-state index contributed by atoms with van der Waals surface area (Å²) in [4.78, 5) is -0.215. The van der Waals surface area contributed by atoms with Crippen molar-refractivity contribution in [1.29, 1.82) is 0 Å². The number of primary sulfonamides is 1. The minimum absolute atomic E-state index is 0.215. The summed E-state index contributed by atoms with van der Waals surface area (Å²) in [5, 5.41) is 20.4. The molecule has 0 aliphatic heterocycles. The number of sulfonamides is 1. The predicted molar refractivity (Wildman–Crippen MR) is 83.2 cm³/mol. The molecular weight excluding hydrogens is 286 g/mol. The second-order valence-electron chi connectivity index (χ2n) is 5.13. The van der Waals surface area contributed by atoms with Crippen molar-refractivity contribution in [3.05, 3.63) is 48.5 Å². The zero-order valence-electron chi connectivity index (χ0n) is 10.9. The molecule has 0 bridgehead atoms. The molecule has 0 fully saturated rings. The standard InChI is InChI=1S/C16H11NO3S/c17-21(19,20)16-12-7-6-10-3-1-2-9-4-5-11(8-13(16)18)15(12)14(9)10/h1-8,18H,(H2,17,19,20). The van der Waals surface area contributed by atoms with Gasteiger partial charge in [0.05, 0.1) is 0 Å². The third kappa shape index (κ3) is 1.62. The average molecular weight is 297 g/mol. The molecule has 0 aromatic heterocycles. The van der Waals surface area contributed by atoms with Crippen molar-refractivity contribution in [3.63, 3.8) is 0 Å². The number of nitrogens with two attached hydrogens (primary N) is 1. The number of rotatable bonds is 1. The van der Waals surface area contributed by atoms with Gasteiger partial charge < -0.3 is 5.11 Å². The molecule has 4 aromatic carbocycles. The molecule has 4 aromatic rings. The number of phenols is 1. The van der Waals surface area contributed by atoms with Crippen molar-refractivity contribution in [2.75, 3.05) is 0 Å². The van der Waals surface area contributed by atoms with Crippen LogP contribution < -0.4 is 5.14 Å². The summed E-state index contributed by atoms with van der Waals surface area (Å²) in [7, 11) is -4.01. The van der Waals surface area contributed by atoms with Crippen LogP contribution in [0.3, 0.4) is 0 Å². The van der Waals surface area contributed by atoms with Gasteiger partial charge in [-0.15, -0.1) is 0 Å². The Hall–Kier alpha value is -2.37. The molecular formula is C16H11NO3S. The van der Waals surface area contributed by atoms with Gasteiger partial charge in [0.2, 0.25) is 10.0 Å². The molecule has 21 heavy (non-hydrogen) atoms. The molecule has 5 heteroatoms. The Balaban J connectivity index is 2.41. The summed E-state index contributed by atoms with van der Waals surface area (Å²) in [6.07, 6.45) is 0. The van der Waals surface area contributed by atoms with Crippen LogP contribution >= 0.6 is 0 Å². The highest BCUT2D eigenvalue weighted by atomic mass is 32.2. The largest absolute Gasteiger partial charge is 0.506 e. The van der Waals surface area contributed by atoms with E-state index >= 15 is 0 Å². The SMILES string of the molecule is NS(=O)(=O)c1c(O)cc2ccc3cccc4ccc1c2c34. The first kappa shape index (κ1) is 12.4. The van der Waals surface area contributed by atoms with Crippen LogP contribution in [0.15, 0.2) is 53.4 Å². The van der Waals surface area contributed by atoms with Crippen molar-refractivity contribution < 1.29 is 13.5 Å². The molecule has 3 N–H and O–H groups in total. The van der Waals surface area contributed by atoms with Gasteiger partial charge in [-0.1, -0.05) is 42.5 Å². The van der Waals surface area contributed by atoms with Crippen LogP contribution in [-0.2, 0) is 10.0 Å². The molecule has 0 atom stereocenters. The zero-order chi connectivity index (χ0) is 14.8. The molecule has 0 heterocycles. The first-order valence-electron chi connectivity index (χ1n) is 6.39. The minimum atomic E-state index is -4.01. The van der Waals surface area contributed by atoms with E-state index in [1.807, 2.05) is 36.4 Å². The molecule has 4 nitrogen and oxygen atoms in total. The predicted octanol–water partition coefficient (Wildman–Crippen LogP) is 2.94. The van der Waals surface area contributed by atoms with Crippen molar-refractivity contribution in [2.24, 2.45) is 5.14 Å². The number of benzene rings is 4. The summed E-state index contributed by atoms with van der Waals surface area (Å²) in [6, 6.07) is 14.7. The first-order chi connectivity index (χ1) is 9.97. The Bertz CT molecular complexity index is 1100. The fraction of sp³-hybridized carbons (Fsp3) is 0. The lowest BCUT2D eigenvalue weighted by atomic mass is 9.94. The van der Waals surface area contributed by atoms with Crippen molar-refractivity contribution in [3.8, 4) is 5.75 Å². The highest BCUT2D eigenvalue weighted by molar-refractivity contribution is 7.89. The van der Waals surface area contributed by atoms with Gasteiger partial charge >= 0.3 is 0 Å². The molecule has 104 valence electrons. The highest BCUT2D eigenvalue weighted by Gasteiger charge is 2.21. The van der Waals surface area contributed by atoms with Gasteiger partial charge in [-0.05, 0) is 33.0 Å². The van der Waals surface area contributed by atoms with Gasteiger partial charge in [0.15, 0.2) is 0 Å². The Morgan fingerprint density at radius 3 is 2.14 bits per heavy atom. The maximum Gasteiger partial charge on any atom is 0.242 e. The van der Waals surface area contributed by atoms with E-state index in [1.54, 1.807) is 6.07 Å². The molecule has 0 aliphatic rings. The smallest absolute Gasteiger partial charge is 0.242 e. The van der Waals surface area contributed by atoms with Crippen LogP contribution in [0.5, 0.6) is 5.75 Å². The van der Waals surface area contributed by atoms with Crippen molar-refractivity contribution >= 4 is 42.3 Å². The third-order valence-corrected chi connectivity index (χ3v) is 4.86. The summed E-state index contributed by atoms with van der Waals surface area (Å²) >= 11 is 0. The van der Waals surface area contributed by atoms with E-state index in [0.717, 1.165) is 26.9 Å². The lowest BCUT2D eigenvalue weighted by Gasteiger charge is -2.14. The summed E-state index contributed by atoms with van der Waals surface area (Å²) < 4.78 is 23.6. The monoisotopic (exact) mass is 297 g/mol. The van der Waals surface area contributed by atoms with Crippen LogP contribution in [0.25, 0.3) is 32.3 Å². The molecule has 0 aliphatic carbocycles. The lowest BCUT2D eigenvalue weighted by molar-refractivity contribution is 0.461. The van der Waals surface area contributed by atoms with Gasteiger partial charge in [0.1, 0.15) is 10.6 Å². The number of phenolic OH excluding ortho intramolecular Hbond substituents is 1. The highest BCUT2D eigenvalue weighted by Crippen LogP contribution is 2.40. The third-order valence-electron chi connectivity index (χ3n) is 3.86. The van der Waals surface area contributed by atoms with Gasteiger partial charge in [-0.25, -0.2) is 13.6 Å². The van der Waals surface area contributed by atoms with E-state index in [-0.39, 0.29) is 10.6 Å². The average Bonchev–Trinajstić information content (AvgIpc) is 2.42. The van der Waals surface area contributed by atoms with Crippen LogP contribution in [0.2, 0.25) is 0 Å². The fourth-order valence-corrected chi connectivity index (χ4v) is 3.90. The molecule has 0 unspecified atom stereocenters. The molecule has 0 saturated heterocycles. The second kappa shape index (κ2) is 3.84. The summed E-state index contributed by atoms with van der Waals surface area (Å²) in [5.74, 6) is -0.316. The quantitative estimate of drug-likeness (QED) is 0.530. The van der Waals surface area contributed by atoms with Gasteiger partial charge in [0.25, 0.3) is 0 Å². The normalized spacial score (nSPS) is 12.6. The van der Waals surface area contributed by atoms with Crippen LogP contribution in [0, 0.1) is 0 Å².